The Hall–Kier alpha value is 0.0569. The van der Waals surface area contributed by atoms with Crippen LogP contribution in [-0.4, -0.2) is 41.8 Å². The molecule has 0 aliphatic rings. The van der Waals surface area contributed by atoms with E-state index < -0.39 is 8.80 Å². The van der Waals surface area contributed by atoms with Crippen LogP contribution in [-0.2, 0) is 18.0 Å². The van der Waals surface area contributed by atoms with Gasteiger partial charge in [0, 0.05) is 39.1 Å². The molecule has 0 bridgehead atoms. The van der Waals surface area contributed by atoms with Crippen molar-refractivity contribution in [1.29, 1.82) is 0 Å². The molecule has 0 atom stereocenters. The second-order valence-corrected chi connectivity index (χ2v) is 8.32. The van der Waals surface area contributed by atoms with Gasteiger partial charge in [-0.05, 0) is 32.6 Å². The molecule has 0 saturated heterocycles. The molecule has 4 nitrogen and oxygen atoms in total. The molecule has 0 unspecified atom stereocenters. The maximum Gasteiger partial charge on any atom is 0.501 e. The monoisotopic (exact) mass is 334 g/mol. The first-order chi connectivity index (χ1) is 10.7. The second kappa shape index (κ2) is 15.9. The molecule has 0 aromatic heterocycles. The zero-order valence-corrected chi connectivity index (χ0v) is 16.3. The van der Waals surface area contributed by atoms with Gasteiger partial charge in [0.25, 0.3) is 0 Å². The minimum Gasteiger partial charge on any atom is -0.382 e. The fraction of sp³-hybridized carbons (Fsp3) is 1.00. The van der Waals surface area contributed by atoms with Gasteiger partial charge in [-0.1, -0.05) is 40.0 Å². The average Bonchev–Trinajstić information content (AvgIpc) is 2.52. The smallest absolute Gasteiger partial charge is 0.382 e. The summed E-state index contributed by atoms with van der Waals surface area (Å²) >= 11 is 0. The highest BCUT2D eigenvalue weighted by atomic mass is 28.4. The summed E-state index contributed by atoms with van der Waals surface area (Å²) in [5.41, 5.74) is 0. The largest absolute Gasteiger partial charge is 0.501 e. The van der Waals surface area contributed by atoms with Gasteiger partial charge in [0.05, 0.1) is 0 Å². The maximum absolute atomic E-state index is 6.18. The molecular weight excluding hydrogens is 296 g/mol. The summed E-state index contributed by atoms with van der Waals surface area (Å²) in [5, 5.41) is 0. The van der Waals surface area contributed by atoms with Crippen LogP contribution < -0.4 is 0 Å². The summed E-state index contributed by atoms with van der Waals surface area (Å²) in [5.74, 6) is 0. The highest BCUT2D eigenvalue weighted by Crippen LogP contribution is 2.20. The molecule has 0 aromatic rings. The van der Waals surface area contributed by atoms with Gasteiger partial charge < -0.3 is 18.0 Å². The molecule has 0 N–H and O–H groups in total. The van der Waals surface area contributed by atoms with Gasteiger partial charge in [-0.3, -0.25) is 0 Å². The maximum atomic E-state index is 6.18. The minimum absolute atomic E-state index is 0.746. The van der Waals surface area contributed by atoms with Crippen LogP contribution in [0.5, 0.6) is 0 Å². The Morgan fingerprint density at radius 2 is 1.05 bits per heavy atom. The van der Waals surface area contributed by atoms with Crippen molar-refractivity contribution in [3.05, 3.63) is 0 Å². The van der Waals surface area contributed by atoms with Crippen LogP contribution in [0.25, 0.3) is 0 Å². The summed E-state index contributed by atoms with van der Waals surface area (Å²) < 4.78 is 24.0. The Morgan fingerprint density at radius 1 is 0.591 bits per heavy atom. The Morgan fingerprint density at radius 3 is 1.41 bits per heavy atom. The molecule has 5 heteroatoms. The highest BCUT2D eigenvalue weighted by molar-refractivity contribution is 6.60. The van der Waals surface area contributed by atoms with Gasteiger partial charge in [0.2, 0.25) is 0 Å². The van der Waals surface area contributed by atoms with E-state index in [0.717, 1.165) is 84.0 Å². The van der Waals surface area contributed by atoms with Gasteiger partial charge in [0.15, 0.2) is 0 Å². The van der Waals surface area contributed by atoms with Gasteiger partial charge in [0.1, 0.15) is 0 Å². The predicted octanol–water partition coefficient (Wildman–Crippen LogP) is 4.80. The topological polar surface area (TPSA) is 36.9 Å². The molecule has 22 heavy (non-hydrogen) atoms. The zero-order chi connectivity index (χ0) is 16.5. The summed E-state index contributed by atoms with van der Waals surface area (Å²) in [4.78, 5) is 0. The Balaban J connectivity index is 4.53. The highest BCUT2D eigenvalue weighted by Gasteiger charge is 2.40. The number of hydrogen-bond donors (Lipinski definition) is 0. The second-order valence-electron chi connectivity index (χ2n) is 5.59. The number of unbranched alkanes of at least 4 members (excludes halogenated alkanes) is 3. The van der Waals surface area contributed by atoms with E-state index in [9.17, 15) is 0 Å². The van der Waals surface area contributed by atoms with Gasteiger partial charge >= 0.3 is 8.80 Å². The summed E-state index contributed by atoms with van der Waals surface area (Å²) in [6, 6.07) is 0.865. The lowest BCUT2D eigenvalue weighted by atomic mass is 10.4. The Labute approximate surface area is 139 Å². The average molecular weight is 335 g/mol. The van der Waals surface area contributed by atoms with E-state index in [1.54, 1.807) is 0 Å². The SMILES string of the molecule is CCCCO[Si](CCCOCC)(OCCCC)OCCCC. The van der Waals surface area contributed by atoms with E-state index in [2.05, 4.69) is 20.8 Å². The van der Waals surface area contributed by atoms with Crippen molar-refractivity contribution in [1.82, 2.24) is 0 Å². The van der Waals surface area contributed by atoms with E-state index in [1.807, 2.05) is 6.92 Å². The van der Waals surface area contributed by atoms with Crippen molar-refractivity contribution in [3.63, 3.8) is 0 Å². The molecule has 0 spiro atoms. The standard InChI is InChI=1S/C17H38O4Si/c1-5-9-14-19-22(20-15-10-6-2,21-16-11-7-3)17-12-13-18-8-4/h5-17H2,1-4H3. The normalized spacial score (nSPS) is 12.0. The minimum atomic E-state index is -2.54. The van der Waals surface area contributed by atoms with E-state index in [-0.39, 0.29) is 0 Å². The van der Waals surface area contributed by atoms with Crippen LogP contribution in [0.2, 0.25) is 6.04 Å². The van der Waals surface area contributed by atoms with E-state index in [1.165, 1.54) is 0 Å². The quantitative estimate of drug-likeness (QED) is 0.283. The lowest BCUT2D eigenvalue weighted by molar-refractivity contribution is 0.0526. The van der Waals surface area contributed by atoms with E-state index in [4.69, 9.17) is 18.0 Å². The first-order valence-corrected chi connectivity index (χ1v) is 11.2. The van der Waals surface area contributed by atoms with Crippen LogP contribution in [0.15, 0.2) is 0 Å². The van der Waals surface area contributed by atoms with Crippen molar-refractivity contribution in [2.24, 2.45) is 0 Å². The molecule has 0 fully saturated rings. The molecule has 0 saturated carbocycles. The van der Waals surface area contributed by atoms with Gasteiger partial charge in [-0.25, -0.2) is 0 Å². The fourth-order valence-electron chi connectivity index (χ4n) is 1.99. The van der Waals surface area contributed by atoms with Gasteiger partial charge in [-0.2, -0.15) is 0 Å². The van der Waals surface area contributed by atoms with Crippen LogP contribution >= 0.6 is 0 Å². The van der Waals surface area contributed by atoms with Crippen LogP contribution in [0.4, 0.5) is 0 Å². The first-order valence-electron chi connectivity index (χ1n) is 9.24. The first kappa shape index (κ1) is 22.1. The zero-order valence-electron chi connectivity index (χ0n) is 15.3. The van der Waals surface area contributed by atoms with Crippen molar-refractivity contribution in [2.75, 3.05) is 33.0 Å². The Bertz CT molecular complexity index is 200. The lowest BCUT2D eigenvalue weighted by Gasteiger charge is -2.30. The third-order valence-corrected chi connectivity index (χ3v) is 6.33. The number of rotatable bonds is 17. The predicted molar refractivity (Wildman–Crippen MR) is 94.3 cm³/mol. The third kappa shape index (κ3) is 11.6. The van der Waals surface area contributed by atoms with Crippen molar-refractivity contribution < 1.29 is 18.0 Å². The van der Waals surface area contributed by atoms with Crippen molar-refractivity contribution in [2.45, 2.75) is 78.7 Å². The third-order valence-electron chi connectivity index (χ3n) is 3.44. The lowest BCUT2D eigenvalue weighted by Crippen LogP contribution is -2.46. The molecule has 0 heterocycles. The Kier molecular flexibility index (Phi) is 16.0. The molecule has 0 aromatic carbocycles. The van der Waals surface area contributed by atoms with Crippen molar-refractivity contribution >= 4 is 8.80 Å². The number of ether oxygens (including phenoxy) is 1. The summed E-state index contributed by atoms with van der Waals surface area (Å²) in [6.45, 7) is 12.3. The van der Waals surface area contributed by atoms with E-state index >= 15 is 0 Å². The molecule has 0 aliphatic carbocycles. The molecule has 0 radical (unpaired) electrons. The van der Waals surface area contributed by atoms with Crippen molar-refractivity contribution in [3.8, 4) is 0 Å². The summed E-state index contributed by atoms with van der Waals surface area (Å²) in [7, 11) is -2.54. The van der Waals surface area contributed by atoms with Crippen LogP contribution in [0, 0.1) is 0 Å². The molecule has 0 amide bonds. The van der Waals surface area contributed by atoms with Gasteiger partial charge in [-0.15, -0.1) is 0 Å². The molecule has 0 rings (SSSR count). The molecular formula is C17H38O4Si. The van der Waals surface area contributed by atoms with E-state index in [0.29, 0.717) is 0 Å². The molecule has 0 aliphatic heterocycles. The summed E-state index contributed by atoms with van der Waals surface area (Å²) in [6.07, 6.45) is 7.54. The fourth-order valence-corrected chi connectivity index (χ4v) is 4.62. The van der Waals surface area contributed by atoms with Crippen LogP contribution in [0.1, 0.15) is 72.6 Å². The molecule has 134 valence electrons. The van der Waals surface area contributed by atoms with Crippen LogP contribution in [0.3, 0.4) is 0 Å². The number of hydrogen-bond acceptors (Lipinski definition) is 4.